The maximum Gasteiger partial charge on any atom is 0.225 e. The summed E-state index contributed by atoms with van der Waals surface area (Å²) in [4.78, 5) is 23.0. The minimum absolute atomic E-state index is 0. The first-order valence-corrected chi connectivity index (χ1v) is 8.29. The molecule has 0 radical (unpaired) electrons. The highest BCUT2D eigenvalue weighted by Crippen LogP contribution is 2.26. The summed E-state index contributed by atoms with van der Waals surface area (Å²) in [5, 5.41) is 3.17. The van der Waals surface area contributed by atoms with Gasteiger partial charge in [-0.2, -0.15) is 0 Å². The van der Waals surface area contributed by atoms with Crippen molar-refractivity contribution in [3.05, 3.63) is 18.5 Å². The van der Waals surface area contributed by atoms with Crippen molar-refractivity contribution in [3.63, 3.8) is 0 Å². The fraction of sp³-hybridized carbons (Fsp3) is 0.688. The lowest BCUT2D eigenvalue weighted by atomic mass is 9.99. The monoisotopic (exact) mass is 375 g/mol. The highest BCUT2D eigenvalue weighted by molar-refractivity contribution is 5.85. The van der Waals surface area contributed by atoms with Gasteiger partial charge in [-0.1, -0.05) is 6.42 Å². The Hall–Kier alpha value is -1.11. The molecule has 2 heterocycles. The van der Waals surface area contributed by atoms with E-state index < -0.39 is 0 Å². The van der Waals surface area contributed by atoms with Gasteiger partial charge in [-0.3, -0.25) is 4.79 Å². The predicted molar refractivity (Wildman–Crippen MR) is 99.8 cm³/mol. The summed E-state index contributed by atoms with van der Waals surface area (Å²) in [7, 11) is 0. The molecule has 0 aromatic carbocycles. The number of carbonyl (C=O) groups excluding carboxylic acids is 1. The van der Waals surface area contributed by atoms with E-state index in [9.17, 15) is 4.79 Å². The lowest BCUT2D eigenvalue weighted by Gasteiger charge is -2.33. The second-order valence-corrected chi connectivity index (χ2v) is 6.46. The molecular formula is C16H27Cl2N5O. The standard InChI is InChI=1S/C16H25N5O.2ClH/c17-14-6-1-4-12(14)10-15(22)20-13-5-2-9-21(11-13)16-18-7-3-8-19-16;;/h3,7-8,12-14H,1-2,4-6,9-11,17H2,(H,20,22);2*1H/t12-,13?,14+;;/m0../s1. The molecule has 1 saturated carbocycles. The zero-order valence-electron chi connectivity index (χ0n) is 13.8. The number of hydrogen-bond acceptors (Lipinski definition) is 5. The maximum atomic E-state index is 12.2. The number of rotatable bonds is 4. The van der Waals surface area contributed by atoms with Crippen LogP contribution in [0.25, 0.3) is 0 Å². The van der Waals surface area contributed by atoms with E-state index in [1.165, 1.54) is 0 Å². The van der Waals surface area contributed by atoms with E-state index in [1.54, 1.807) is 12.4 Å². The molecule has 1 unspecified atom stereocenters. The van der Waals surface area contributed by atoms with Gasteiger partial charge in [-0.15, -0.1) is 24.8 Å². The quantitative estimate of drug-likeness (QED) is 0.839. The van der Waals surface area contributed by atoms with Gasteiger partial charge >= 0.3 is 0 Å². The minimum Gasteiger partial charge on any atom is -0.352 e. The SMILES string of the molecule is Cl.Cl.N[C@@H]1CCC[C@H]1CC(=O)NC1CCCN(c2ncccn2)C1. The van der Waals surface area contributed by atoms with Crippen molar-refractivity contribution in [1.29, 1.82) is 0 Å². The zero-order chi connectivity index (χ0) is 15.4. The van der Waals surface area contributed by atoms with E-state index in [0.717, 1.165) is 51.1 Å². The fourth-order valence-electron chi connectivity index (χ4n) is 3.57. The summed E-state index contributed by atoms with van der Waals surface area (Å²) in [6.07, 6.45) is 9.45. The Balaban J connectivity index is 0.00000144. The molecule has 0 bridgehead atoms. The molecule has 1 aromatic rings. The molecule has 2 aliphatic rings. The zero-order valence-corrected chi connectivity index (χ0v) is 15.4. The van der Waals surface area contributed by atoms with E-state index in [0.29, 0.717) is 12.3 Å². The molecule has 3 N–H and O–H groups in total. The Morgan fingerprint density at radius 2 is 1.96 bits per heavy atom. The highest BCUT2D eigenvalue weighted by atomic mass is 35.5. The summed E-state index contributed by atoms with van der Waals surface area (Å²) in [5.74, 6) is 1.25. The molecule has 1 aromatic heterocycles. The van der Waals surface area contributed by atoms with Crippen LogP contribution in [0.3, 0.4) is 0 Å². The number of piperidine rings is 1. The molecule has 3 atom stereocenters. The maximum absolute atomic E-state index is 12.2. The highest BCUT2D eigenvalue weighted by Gasteiger charge is 2.28. The van der Waals surface area contributed by atoms with E-state index in [-0.39, 0.29) is 42.8 Å². The van der Waals surface area contributed by atoms with Crippen LogP contribution in [-0.2, 0) is 4.79 Å². The number of amides is 1. The lowest BCUT2D eigenvalue weighted by Crippen LogP contribution is -2.48. The molecule has 1 aliphatic carbocycles. The number of nitrogens with two attached hydrogens (primary N) is 1. The van der Waals surface area contributed by atoms with Crippen LogP contribution in [0.1, 0.15) is 38.5 Å². The van der Waals surface area contributed by atoms with Crippen molar-refractivity contribution in [1.82, 2.24) is 15.3 Å². The summed E-state index contributed by atoms with van der Waals surface area (Å²) in [6.45, 7) is 1.73. The Morgan fingerprint density at radius 3 is 2.62 bits per heavy atom. The number of hydrogen-bond donors (Lipinski definition) is 2. The van der Waals surface area contributed by atoms with E-state index in [2.05, 4.69) is 20.2 Å². The third-order valence-electron chi connectivity index (χ3n) is 4.79. The fourth-order valence-corrected chi connectivity index (χ4v) is 3.57. The van der Waals surface area contributed by atoms with Gasteiger partial charge in [0, 0.05) is 44.0 Å². The first-order valence-electron chi connectivity index (χ1n) is 8.29. The van der Waals surface area contributed by atoms with Gasteiger partial charge in [0.15, 0.2) is 0 Å². The van der Waals surface area contributed by atoms with Crippen LogP contribution in [-0.4, -0.2) is 41.0 Å². The molecule has 136 valence electrons. The molecular weight excluding hydrogens is 349 g/mol. The van der Waals surface area contributed by atoms with Crippen LogP contribution in [0, 0.1) is 5.92 Å². The van der Waals surface area contributed by atoms with Gasteiger partial charge < -0.3 is 16.0 Å². The van der Waals surface area contributed by atoms with Gasteiger partial charge in [0.25, 0.3) is 0 Å². The first kappa shape index (κ1) is 20.9. The van der Waals surface area contributed by atoms with Gasteiger partial charge in [0.1, 0.15) is 0 Å². The van der Waals surface area contributed by atoms with E-state index >= 15 is 0 Å². The lowest BCUT2D eigenvalue weighted by molar-refractivity contribution is -0.122. The first-order chi connectivity index (χ1) is 10.7. The van der Waals surface area contributed by atoms with Crippen molar-refractivity contribution in [2.45, 2.75) is 50.6 Å². The number of halogens is 2. The number of carbonyl (C=O) groups is 1. The Kier molecular flexibility index (Phi) is 8.73. The molecule has 24 heavy (non-hydrogen) atoms. The van der Waals surface area contributed by atoms with Crippen LogP contribution in [0.5, 0.6) is 0 Å². The molecule has 1 aliphatic heterocycles. The molecule has 2 fully saturated rings. The third kappa shape index (κ3) is 5.46. The summed E-state index contributed by atoms with van der Waals surface area (Å²) < 4.78 is 0. The minimum atomic E-state index is 0. The van der Waals surface area contributed by atoms with Crippen molar-refractivity contribution in [3.8, 4) is 0 Å². The van der Waals surface area contributed by atoms with Crippen LogP contribution < -0.4 is 16.0 Å². The number of aromatic nitrogens is 2. The summed E-state index contributed by atoms with van der Waals surface area (Å²) in [5.41, 5.74) is 6.05. The largest absolute Gasteiger partial charge is 0.352 e. The predicted octanol–water partition coefficient (Wildman–Crippen LogP) is 1.92. The molecule has 6 nitrogen and oxygen atoms in total. The Morgan fingerprint density at radius 1 is 1.21 bits per heavy atom. The number of nitrogens with zero attached hydrogens (tertiary/aromatic N) is 3. The van der Waals surface area contributed by atoms with Gasteiger partial charge in [0.2, 0.25) is 11.9 Å². The molecule has 1 saturated heterocycles. The van der Waals surface area contributed by atoms with Crippen LogP contribution in [0.15, 0.2) is 18.5 Å². The van der Waals surface area contributed by atoms with E-state index in [1.807, 2.05) is 6.07 Å². The van der Waals surface area contributed by atoms with Crippen molar-refractivity contribution in [2.75, 3.05) is 18.0 Å². The Labute approximate surface area is 155 Å². The van der Waals surface area contributed by atoms with Gasteiger partial charge in [-0.05, 0) is 37.7 Å². The normalized spacial score (nSPS) is 26.2. The third-order valence-corrected chi connectivity index (χ3v) is 4.79. The number of nitrogens with one attached hydrogen (secondary N) is 1. The second-order valence-electron chi connectivity index (χ2n) is 6.46. The van der Waals surface area contributed by atoms with E-state index in [4.69, 9.17) is 5.73 Å². The van der Waals surface area contributed by atoms with Crippen LogP contribution in [0.4, 0.5) is 5.95 Å². The average molecular weight is 376 g/mol. The van der Waals surface area contributed by atoms with Crippen LogP contribution >= 0.6 is 24.8 Å². The average Bonchev–Trinajstić information content (AvgIpc) is 2.93. The van der Waals surface area contributed by atoms with Gasteiger partial charge in [0.05, 0.1) is 0 Å². The van der Waals surface area contributed by atoms with Crippen molar-refractivity contribution < 1.29 is 4.79 Å². The van der Waals surface area contributed by atoms with Crippen molar-refractivity contribution in [2.24, 2.45) is 11.7 Å². The molecule has 1 amide bonds. The van der Waals surface area contributed by atoms with Gasteiger partial charge in [-0.25, -0.2) is 9.97 Å². The van der Waals surface area contributed by atoms with Crippen molar-refractivity contribution >= 4 is 36.7 Å². The topological polar surface area (TPSA) is 84.1 Å². The molecule has 8 heteroatoms. The van der Waals surface area contributed by atoms with Crippen LogP contribution in [0.2, 0.25) is 0 Å². The Bertz CT molecular complexity index is 505. The number of anilines is 1. The summed E-state index contributed by atoms with van der Waals surface area (Å²) in [6, 6.07) is 2.20. The smallest absolute Gasteiger partial charge is 0.225 e. The second kappa shape index (κ2) is 10.0. The summed E-state index contributed by atoms with van der Waals surface area (Å²) >= 11 is 0. The molecule has 0 spiro atoms. The molecule has 3 rings (SSSR count).